The van der Waals surface area contributed by atoms with Crippen LogP contribution in [-0.2, 0) is 0 Å². The zero-order valence-corrected chi connectivity index (χ0v) is 15.5. The Bertz CT molecular complexity index is 555. The van der Waals surface area contributed by atoms with Gasteiger partial charge < -0.3 is 14.9 Å². The molecule has 1 saturated heterocycles. The summed E-state index contributed by atoms with van der Waals surface area (Å²) in [5, 5.41) is 10.3. The second-order valence-corrected chi connectivity index (χ2v) is 8.14. The molecule has 3 rings (SSSR count). The average molecular weight is 349 g/mol. The summed E-state index contributed by atoms with van der Waals surface area (Å²) in [6.07, 6.45) is 7.08. The molecule has 0 radical (unpaired) electrons. The van der Waals surface area contributed by atoms with Gasteiger partial charge in [-0.3, -0.25) is 4.79 Å². The van der Waals surface area contributed by atoms with E-state index in [1.165, 1.54) is 6.42 Å². The monoisotopic (exact) mass is 348 g/mol. The smallest absolute Gasteiger partial charge is 0.253 e. The molecule has 1 aliphatic carbocycles. The summed E-state index contributed by atoms with van der Waals surface area (Å²) in [5.41, 5.74) is 1.91. The van der Waals surface area contributed by atoms with E-state index in [9.17, 15) is 9.90 Å². The Kier molecular flexibility index (Phi) is 5.72. The van der Waals surface area contributed by atoms with Crippen molar-refractivity contribution in [3.63, 3.8) is 0 Å². The molecule has 1 aromatic rings. The maximum atomic E-state index is 12.7. The minimum atomic E-state index is -0.160. The number of nitrogens with zero attached hydrogens (tertiary/aromatic N) is 2. The van der Waals surface area contributed by atoms with Gasteiger partial charge in [-0.1, -0.05) is 0 Å². The van der Waals surface area contributed by atoms with E-state index in [4.69, 9.17) is 0 Å². The highest BCUT2D eigenvalue weighted by atomic mass is 32.2. The molecular formula is C19H28N2O2S. The number of hydrogen-bond donors (Lipinski definition) is 1. The number of amides is 1. The van der Waals surface area contributed by atoms with E-state index in [2.05, 4.69) is 11.2 Å². The van der Waals surface area contributed by atoms with Gasteiger partial charge in [0, 0.05) is 42.7 Å². The summed E-state index contributed by atoms with van der Waals surface area (Å²) in [6, 6.07) is 8.34. The second-order valence-electron chi connectivity index (χ2n) is 7.01. The third-order valence-electron chi connectivity index (χ3n) is 5.50. The number of aliphatic hydroxyl groups is 1. The Balaban J connectivity index is 1.61. The Morgan fingerprint density at radius 3 is 2.42 bits per heavy atom. The van der Waals surface area contributed by atoms with Crippen molar-refractivity contribution in [3.8, 4) is 0 Å². The maximum Gasteiger partial charge on any atom is 0.253 e. The number of aliphatic hydroxyl groups excluding tert-OH is 1. The second kappa shape index (κ2) is 7.79. The fourth-order valence-corrected chi connectivity index (χ4v) is 4.58. The van der Waals surface area contributed by atoms with Crippen LogP contribution in [0.3, 0.4) is 0 Å². The largest absolute Gasteiger partial charge is 0.393 e. The van der Waals surface area contributed by atoms with Gasteiger partial charge in [-0.2, -0.15) is 11.8 Å². The zero-order chi connectivity index (χ0) is 17.1. The molecule has 4 nitrogen and oxygen atoms in total. The van der Waals surface area contributed by atoms with E-state index in [0.29, 0.717) is 11.3 Å². The van der Waals surface area contributed by atoms with Crippen LogP contribution in [0.2, 0.25) is 0 Å². The molecule has 132 valence electrons. The Labute approximate surface area is 149 Å². The Morgan fingerprint density at radius 1 is 1.17 bits per heavy atom. The lowest BCUT2D eigenvalue weighted by Crippen LogP contribution is -2.36. The number of benzene rings is 1. The topological polar surface area (TPSA) is 43.8 Å². The van der Waals surface area contributed by atoms with Gasteiger partial charge in [0.15, 0.2) is 0 Å². The molecule has 1 saturated carbocycles. The first-order chi connectivity index (χ1) is 11.6. The molecule has 0 bridgehead atoms. The van der Waals surface area contributed by atoms with Crippen LogP contribution in [-0.4, -0.2) is 59.7 Å². The molecule has 0 aromatic heterocycles. The van der Waals surface area contributed by atoms with Gasteiger partial charge in [-0.05, 0) is 62.6 Å². The number of thioether (sulfide) groups is 1. The molecule has 1 heterocycles. The summed E-state index contributed by atoms with van der Waals surface area (Å²) in [6.45, 7) is 1.76. The minimum Gasteiger partial charge on any atom is -0.393 e. The van der Waals surface area contributed by atoms with Crippen LogP contribution in [0.1, 0.15) is 42.5 Å². The lowest BCUT2D eigenvalue weighted by atomic mass is 10.1. The summed E-state index contributed by atoms with van der Waals surface area (Å²) >= 11 is 1.92. The number of carbonyl (C=O) groups is 1. The summed E-state index contributed by atoms with van der Waals surface area (Å²) in [5.74, 6) is 0.127. The summed E-state index contributed by atoms with van der Waals surface area (Å²) < 4.78 is 0. The van der Waals surface area contributed by atoms with Gasteiger partial charge in [-0.15, -0.1) is 0 Å². The van der Waals surface area contributed by atoms with Crippen LogP contribution in [0.4, 0.5) is 5.69 Å². The SMILES string of the molecule is CSC1CCC(N(C)C(=O)c2ccc(N3CCC(O)CC3)cc2)C1. The van der Waals surface area contributed by atoms with Crippen molar-refractivity contribution in [1.82, 2.24) is 4.90 Å². The normalized spacial score (nSPS) is 25.0. The van der Waals surface area contributed by atoms with Crippen molar-refractivity contribution < 1.29 is 9.90 Å². The third kappa shape index (κ3) is 3.89. The van der Waals surface area contributed by atoms with Gasteiger partial charge in [0.2, 0.25) is 0 Å². The standard InChI is InChI=1S/C19H28N2O2S/c1-20(16-7-8-18(13-16)24-2)19(23)14-3-5-15(6-4-14)21-11-9-17(22)10-12-21/h3-6,16-18,22H,7-13H2,1-2H3. The number of hydrogen-bond acceptors (Lipinski definition) is 4. The lowest BCUT2D eigenvalue weighted by molar-refractivity contribution is 0.0735. The average Bonchev–Trinajstić information content (AvgIpc) is 3.10. The predicted octanol–water partition coefficient (Wildman–Crippen LogP) is 3.00. The lowest BCUT2D eigenvalue weighted by Gasteiger charge is -2.31. The molecule has 1 aromatic carbocycles. The molecule has 2 aliphatic rings. The van der Waals surface area contributed by atoms with Crippen LogP contribution < -0.4 is 4.90 Å². The number of carbonyl (C=O) groups excluding carboxylic acids is 1. The molecule has 1 N–H and O–H groups in total. The van der Waals surface area contributed by atoms with Crippen molar-refractivity contribution in [1.29, 1.82) is 0 Å². The first-order valence-electron chi connectivity index (χ1n) is 8.91. The highest BCUT2D eigenvalue weighted by molar-refractivity contribution is 7.99. The van der Waals surface area contributed by atoms with Crippen LogP contribution in [0, 0.1) is 0 Å². The highest BCUT2D eigenvalue weighted by Crippen LogP contribution is 2.31. The molecule has 2 unspecified atom stereocenters. The highest BCUT2D eigenvalue weighted by Gasteiger charge is 2.29. The predicted molar refractivity (Wildman–Crippen MR) is 101 cm³/mol. The number of piperidine rings is 1. The van der Waals surface area contributed by atoms with Gasteiger partial charge >= 0.3 is 0 Å². The third-order valence-corrected chi connectivity index (χ3v) is 6.60. The fourth-order valence-electron chi connectivity index (χ4n) is 3.79. The van der Waals surface area contributed by atoms with E-state index < -0.39 is 0 Å². The van der Waals surface area contributed by atoms with Gasteiger partial charge in [0.05, 0.1) is 6.10 Å². The van der Waals surface area contributed by atoms with Crippen molar-refractivity contribution in [2.75, 3.05) is 31.3 Å². The van der Waals surface area contributed by atoms with Crippen LogP contribution >= 0.6 is 11.8 Å². The van der Waals surface area contributed by atoms with E-state index in [1.807, 2.05) is 48.0 Å². The van der Waals surface area contributed by atoms with E-state index in [1.54, 1.807) is 0 Å². The van der Waals surface area contributed by atoms with Crippen LogP contribution in [0.25, 0.3) is 0 Å². The van der Waals surface area contributed by atoms with Crippen molar-refractivity contribution in [2.45, 2.75) is 49.5 Å². The molecular weight excluding hydrogens is 320 g/mol. The zero-order valence-electron chi connectivity index (χ0n) is 14.6. The number of anilines is 1. The minimum absolute atomic E-state index is 0.127. The van der Waals surface area contributed by atoms with Gasteiger partial charge in [0.1, 0.15) is 0 Å². The number of rotatable bonds is 4. The van der Waals surface area contributed by atoms with Crippen molar-refractivity contribution >= 4 is 23.4 Å². The van der Waals surface area contributed by atoms with Crippen LogP contribution in [0.5, 0.6) is 0 Å². The maximum absolute atomic E-state index is 12.7. The fraction of sp³-hybridized carbons (Fsp3) is 0.632. The van der Waals surface area contributed by atoms with Crippen molar-refractivity contribution in [3.05, 3.63) is 29.8 Å². The quantitative estimate of drug-likeness (QED) is 0.908. The molecule has 1 aliphatic heterocycles. The van der Waals surface area contributed by atoms with Crippen LogP contribution in [0.15, 0.2) is 24.3 Å². The van der Waals surface area contributed by atoms with E-state index in [0.717, 1.165) is 50.0 Å². The van der Waals surface area contributed by atoms with Crippen molar-refractivity contribution in [2.24, 2.45) is 0 Å². The van der Waals surface area contributed by atoms with E-state index >= 15 is 0 Å². The van der Waals surface area contributed by atoms with E-state index in [-0.39, 0.29) is 12.0 Å². The first kappa shape index (κ1) is 17.6. The molecule has 5 heteroatoms. The Morgan fingerprint density at radius 2 is 1.83 bits per heavy atom. The summed E-state index contributed by atoms with van der Waals surface area (Å²) in [7, 11) is 1.94. The molecule has 24 heavy (non-hydrogen) atoms. The first-order valence-corrected chi connectivity index (χ1v) is 10.2. The summed E-state index contributed by atoms with van der Waals surface area (Å²) in [4.78, 5) is 16.9. The molecule has 2 atom stereocenters. The molecule has 0 spiro atoms. The molecule has 1 amide bonds. The Hall–Kier alpha value is -1.20. The molecule has 2 fully saturated rings. The van der Waals surface area contributed by atoms with Gasteiger partial charge in [0.25, 0.3) is 5.91 Å². The van der Waals surface area contributed by atoms with Gasteiger partial charge in [-0.25, -0.2) is 0 Å².